The third kappa shape index (κ3) is 4.14. The fourth-order valence-corrected chi connectivity index (χ4v) is 3.05. The van der Waals surface area contributed by atoms with Crippen molar-refractivity contribution in [1.82, 2.24) is 14.1 Å². The molecule has 0 fully saturated rings. The number of carbonyl (C=O) groups excluding carboxylic acids is 1. The second-order valence-electron chi connectivity index (χ2n) is 6.22. The lowest BCUT2D eigenvalue weighted by Gasteiger charge is -2.07. The highest BCUT2D eigenvalue weighted by Crippen LogP contribution is 2.17. The molecular formula is C19H21ClN4O2. The van der Waals surface area contributed by atoms with Gasteiger partial charge in [-0.05, 0) is 36.1 Å². The van der Waals surface area contributed by atoms with Crippen LogP contribution >= 0.6 is 11.6 Å². The first kappa shape index (κ1) is 18.2. The highest BCUT2D eigenvalue weighted by Gasteiger charge is 2.13. The molecule has 136 valence electrons. The molecule has 0 amide bonds. The molecule has 0 radical (unpaired) electrons. The minimum atomic E-state index is -0.303. The Morgan fingerprint density at radius 3 is 2.73 bits per heavy atom. The maximum atomic E-state index is 12.6. The highest BCUT2D eigenvalue weighted by atomic mass is 35.5. The van der Waals surface area contributed by atoms with Gasteiger partial charge in [-0.3, -0.25) is 13.9 Å². The first-order chi connectivity index (χ1) is 12.6. The number of unbranched alkanes of at least 4 members (excludes halogenated alkanes) is 1. The van der Waals surface area contributed by atoms with Crippen molar-refractivity contribution in [3.63, 3.8) is 0 Å². The Kier molecular flexibility index (Phi) is 5.73. The van der Waals surface area contributed by atoms with Crippen LogP contribution in [0, 0.1) is 0 Å². The van der Waals surface area contributed by atoms with Gasteiger partial charge in [0.1, 0.15) is 0 Å². The normalized spacial score (nSPS) is 11.0. The molecule has 2 aromatic heterocycles. The molecule has 1 N–H and O–H groups in total. The smallest absolute Gasteiger partial charge is 0.330 e. The number of pyridine rings is 1. The van der Waals surface area contributed by atoms with Crippen molar-refractivity contribution in [3.05, 3.63) is 58.6 Å². The van der Waals surface area contributed by atoms with Crippen LogP contribution in [0.2, 0.25) is 0 Å². The molecule has 6 nitrogen and oxygen atoms in total. The summed E-state index contributed by atoms with van der Waals surface area (Å²) < 4.78 is 3.29. The summed E-state index contributed by atoms with van der Waals surface area (Å²) in [5, 5.41) is 2.99. The number of benzene rings is 1. The van der Waals surface area contributed by atoms with E-state index in [0.717, 1.165) is 29.6 Å². The summed E-state index contributed by atoms with van der Waals surface area (Å²) in [6, 6.07) is 11.8. The maximum Gasteiger partial charge on any atom is 0.330 e. The fourth-order valence-electron chi connectivity index (χ4n) is 2.91. The van der Waals surface area contributed by atoms with Crippen molar-refractivity contribution in [2.24, 2.45) is 7.05 Å². The molecule has 26 heavy (non-hydrogen) atoms. The lowest BCUT2D eigenvalue weighted by Crippen LogP contribution is -2.22. The van der Waals surface area contributed by atoms with E-state index in [-0.39, 0.29) is 10.9 Å². The van der Waals surface area contributed by atoms with Crippen molar-refractivity contribution < 1.29 is 4.79 Å². The lowest BCUT2D eigenvalue weighted by atomic mass is 10.2. The van der Waals surface area contributed by atoms with Crippen molar-refractivity contribution in [1.29, 1.82) is 0 Å². The van der Waals surface area contributed by atoms with Crippen molar-refractivity contribution in [3.8, 4) is 0 Å². The number of rotatable bonds is 8. The number of aryl methyl sites for hydroxylation is 1. The van der Waals surface area contributed by atoms with Gasteiger partial charge in [-0.2, -0.15) is 0 Å². The molecule has 0 aliphatic carbocycles. The summed E-state index contributed by atoms with van der Waals surface area (Å²) in [6.07, 6.45) is 3.69. The number of fused-ring (bicyclic) bond motifs is 1. The van der Waals surface area contributed by atoms with Gasteiger partial charge in [-0.15, -0.1) is 0 Å². The predicted molar refractivity (Wildman–Crippen MR) is 104 cm³/mol. The number of halogens is 1. The Morgan fingerprint density at radius 2 is 2.00 bits per heavy atom. The van der Waals surface area contributed by atoms with Crippen LogP contribution < -0.4 is 11.0 Å². The molecule has 0 spiro atoms. The quantitative estimate of drug-likeness (QED) is 0.487. The summed E-state index contributed by atoms with van der Waals surface area (Å²) in [5.41, 5.74) is 3.27. The number of carbonyl (C=O) groups is 1. The number of nitrogens with zero attached hydrogens (tertiary/aromatic N) is 3. The van der Waals surface area contributed by atoms with Crippen LogP contribution in [0.4, 0.5) is 5.69 Å². The summed E-state index contributed by atoms with van der Waals surface area (Å²) >= 11 is 5.34. The van der Waals surface area contributed by atoms with E-state index >= 15 is 0 Å². The van der Waals surface area contributed by atoms with Gasteiger partial charge in [0.25, 0.3) is 0 Å². The van der Waals surface area contributed by atoms with Crippen LogP contribution in [0.1, 0.15) is 24.8 Å². The van der Waals surface area contributed by atoms with Crippen LogP contribution in [0.5, 0.6) is 0 Å². The van der Waals surface area contributed by atoms with Gasteiger partial charge in [0.15, 0.2) is 5.65 Å². The summed E-state index contributed by atoms with van der Waals surface area (Å²) in [4.78, 5) is 27.8. The van der Waals surface area contributed by atoms with Gasteiger partial charge in [-0.1, -0.05) is 30.3 Å². The largest absolute Gasteiger partial charge is 0.384 e. The SMILES string of the molecule is Cn1c(=O)n(Cc2ccccc2)c2cc(NCCCCC(=O)Cl)cnc21. The predicted octanol–water partition coefficient (Wildman–Crippen LogP) is 3.13. The second-order valence-corrected chi connectivity index (χ2v) is 6.64. The van der Waals surface area contributed by atoms with E-state index < -0.39 is 0 Å². The fraction of sp³-hybridized carbons (Fsp3) is 0.316. The topological polar surface area (TPSA) is 68.9 Å². The Bertz CT molecular complexity index is 963. The van der Waals surface area contributed by atoms with Gasteiger partial charge in [0.2, 0.25) is 5.24 Å². The van der Waals surface area contributed by atoms with Crippen molar-refractivity contribution >= 4 is 33.7 Å². The number of anilines is 1. The minimum Gasteiger partial charge on any atom is -0.384 e. The Balaban J connectivity index is 1.80. The van der Waals surface area contributed by atoms with E-state index in [1.54, 1.807) is 22.4 Å². The molecular weight excluding hydrogens is 352 g/mol. The molecule has 2 heterocycles. The highest BCUT2D eigenvalue weighted by molar-refractivity contribution is 6.63. The minimum absolute atomic E-state index is 0.0888. The first-order valence-corrected chi connectivity index (χ1v) is 8.95. The standard InChI is InChI=1S/C19H21ClN4O2/c1-23-18-16(24(19(23)26)13-14-7-3-2-4-8-14)11-15(12-22-18)21-10-6-5-9-17(20)25/h2-4,7-8,11-12,21H,5-6,9-10,13H2,1H3. The van der Waals surface area contributed by atoms with Crippen LogP contribution in [-0.4, -0.2) is 25.9 Å². The molecule has 3 aromatic rings. The van der Waals surface area contributed by atoms with Gasteiger partial charge in [-0.25, -0.2) is 9.78 Å². The number of nitrogens with one attached hydrogen (secondary N) is 1. The van der Waals surface area contributed by atoms with Crippen LogP contribution in [0.15, 0.2) is 47.4 Å². The van der Waals surface area contributed by atoms with E-state index in [4.69, 9.17) is 11.6 Å². The van der Waals surface area contributed by atoms with Gasteiger partial charge >= 0.3 is 5.69 Å². The zero-order valence-electron chi connectivity index (χ0n) is 14.6. The molecule has 0 saturated heterocycles. The maximum absolute atomic E-state index is 12.6. The Labute approximate surface area is 156 Å². The van der Waals surface area contributed by atoms with E-state index in [2.05, 4.69) is 10.3 Å². The monoisotopic (exact) mass is 372 g/mol. The van der Waals surface area contributed by atoms with E-state index in [1.807, 2.05) is 36.4 Å². The molecule has 0 bridgehead atoms. The Morgan fingerprint density at radius 1 is 1.23 bits per heavy atom. The molecule has 0 aliphatic rings. The van der Waals surface area contributed by atoms with E-state index in [0.29, 0.717) is 25.2 Å². The van der Waals surface area contributed by atoms with Gasteiger partial charge < -0.3 is 5.32 Å². The zero-order chi connectivity index (χ0) is 18.5. The lowest BCUT2D eigenvalue weighted by molar-refractivity contribution is -0.111. The van der Waals surface area contributed by atoms with Crippen molar-refractivity contribution in [2.75, 3.05) is 11.9 Å². The summed E-state index contributed by atoms with van der Waals surface area (Å²) in [6.45, 7) is 1.22. The molecule has 1 aromatic carbocycles. The van der Waals surface area contributed by atoms with Crippen molar-refractivity contribution in [2.45, 2.75) is 25.8 Å². The van der Waals surface area contributed by atoms with E-state index in [9.17, 15) is 9.59 Å². The van der Waals surface area contributed by atoms with E-state index in [1.165, 1.54) is 0 Å². The molecule has 3 rings (SSSR count). The molecule has 0 unspecified atom stereocenters. The van der Waals surface area contributed by atoms with Gasteiger partial charge in [0.05, 0.1) is 23.9 Å². The van der Waals surface area contributed by atoms with Gasteiger partial charge in [0, 0.05) is 20.0 Å². The summed E-state index contributed by atoms with van der Waals surface area (Å²) in [5.74, 6) is 0. The van der Waals surface area contributed by atoms with Crippen LogP contribution in [0.3, 0.4) is 0 Å². The Hall–Kier alpha value is -2.60. The zero-order valence-corrected chi connectivity index (χ0v) is 15.4. The third-order valence-electron chi connectivity index (χ3n) is 4.29. The number of hydrogen-bond acceptors (Lipinski definition) is 4. The average Bonchev–Trinajstić information content (AvgIpc) is 2.87. The second kappa shape index (κ2) is 8.19. The average molecular weight is 373 g/mol. The molecule has 7 heteroatoms. The van der Waals surface area contributed by atoms with Crippen LogP contribution in [0.25, 0.3) is 11.2 Å². The third-order valence-corrected chi connectivity index (χ3v) is 4.48. The molecule has 0 aliphatic heterocycles. The molecule has 0 saturated carbocycles. The number of imidazole rings is 1. The summed E-state index contributed by atoms with van der Waals surface area (Å²) in [7, 11) is 1.73. The molecule has 0 atom stereocenters. The van der Waals surface area contributed by atoms with Crippen LogP contribution in [-0.2, 0) is 18.4 Å². The number of aromatic nitrogens is 3. The number of hydrogen-bond donors (Lipinski definition) is 1. The first-order valence-electron chi connectivity index (χ1n) is 8.57.